The van der Waals surface area contributed by atoms with Crippen molar-refractivity contribution in [1.29, 1.82) is 0 Å². The van der Waals surface area contributed by atoms with Crippen molar-refractivity contribution < 1.29 is 41.6 Å². The van der Waals surface area contributed by atoms with Crippen molar-refractivity contribution in [3.05, 3.63) is 58.0 Å². The smallest absolute Gasteiger partial charge is 0.441 e. The summed E-state index contributed by atoms with van der Waals surface area (Å²) in [5, 5.41) is 0.521. The summed E-state index contributed by atoms with van der Waals surface area (Å²) in [6.07, 6.45) is -3.23. The molecule has 176 valence electrons. The van der Waals surface area contributed by atoms with Crippen molar-refractivity contribution >= 4 is 35.9 Å². The van der Waals surface area contributed by atoms with E-state index in [1.165, 1.54) is 30.3 Å². The van der Waals surface area contributed by atoms with Crippen LogP contribution in [0.2, 0.25) is 0 Å². The number of hydrogen-bond acceptors (Lipinski definition) is 5. The zero-order chi connectivity index (χ0) is 24.0. The maximum atomic E-state index is 13.4. The first-order chi connectivity index (χ1) is 15.4. The molecule has 33 heavy (non-hydrogen) atoms. The summed E-state index contributed by atoms with van der Waals surface area (Å²) in [6.45, 7) is -0.596. The van der Waals surface area contributed by atoms with Gasteiger partial charge in [0.15, 0.2) is 0 Å². The van der Waals surface area contributed by atoms with Crippen LogP contribution in [0.5, 0.6) is 0 Å². The molecule has 0 unspecified atom stereocenters. The van der Waals surface area contributed by atoms with E-state index in [9.17, 15) is 27.3 Å². The summed E-state index contributed by atoms with van der Waals surface area (Å²) in [4.78, 5) is 46.1. The summed E-state index contributed by atoms with van der Waals surface area (Å²) in [5.41, 5.74) is -1.12. The number of pyridine rings is 1. The van der Waals surface area contributed by atoms with Crippen molar-refractivity contribution in [1.82, 2.24) is 4.98 Å². The Morgan fingerprint density at radius 1 is 1.24 bits per heavy atom. The highest BCUT2D eigenvalue weighted by Gasteiger charge is 2.37. The number of phosphoric ester groups is 1. The van der Waals surface area contributed by atoms with Gasteiger partial charge in [0, 0.05) is 27.9 Å². The van der Waals surface area contributed by atoms with Crippen molar-refractivity contribution in [2.24, 2.45) is 0 Å². The molecule has 0 spiro atoms. The molecule has 1 aliphatic carbocycles. The lowest BCUT2D eigenvalue weighted by molar-refractivity contribution is -0.0933. The molecular formula is C20H18F3N2O7P. The monoisotopic (exact) mass is 486 g/mol. The average molecular weight is 486 g/mol. The van der Waals surface area contributed by atoms with Crippen LogP contribution < -0.4 is 10.5 Å². The third-order valence-corrected chi connectivity index (χ3v) is 5.73. The van der Waals surface area contributed by atoms with E-state index in [0.717, 1.165) is 4.90 Å². The molecule has 0 bridgehead atoms. The van der Waals surface area contributed by atoms with Gasteiger partial charge < -0.3 is 19.5 Å². The quantitative estimate of drug-likeness (QED) is 0.551. The Balaban J connectivity index is 1.65. The summed E-state index contributed by atoms with van der Waals surface area (Å²) in [7, 11) is -4.73. The number of benzene rings is 1. The molecule has 2 heterocycles. The number of rotatable bonds is 5. The second kappa shape index (κ2) is 8.45. The number of aromatic amines is 1. The number of hydrogen-bond donors (Lipinski definition) is 3. The Kier molecular flexibility index (Phi) is 5.95. The van der Waals surface area contributed by atoms with Gasteiger partial charge in [-0.1, -0.05) is 18.2 Å². The Labute approximate surface area is 184 Å². The Hall–Kier alpha value is -2.92. The molecule has 2 aliphatic rings. The summed E-state index contributed by atoms with van der Waals surface area (Å²) >= 11 is 0. The van der Waals surface area contributed by atoms with Crippen molar-refractivity contribution in [2.45, 2.75) is 25.1 Å². The van der Waals surface area contributed by atoms with Gasteiger partial charge in [0.25, 0.3) is 5.56 Å². The summed E-state index contributed by atoms with van der Waals surface area (Å²) in [6, 6.07) is 5.82. The van der Waals surface area contributed by atoms with Crippen LogP contribution in [0.15, 0.2) is 46.8 Å². The molecule has 1 saturated heterocycles. The highest BCUT2D eigenvalue weighted by Crippen LogP contribution is 2.39. The molecule has 0 radical (unpaired) electrons. The zero-order valence-corrected chi connectivity index (χ0v) is 17.7. The fraction of sp³-hybridized carbons (Fsp3) is 0.300. The number of carbonyl (C=O) groups is 1. The van der Waals surface area contributed by atoms with Crippen LogP contribution in [0, 0.1) is 0 Å². The Morgan fingerprint density at radius 2 is 2.00 bits per heavy atom. The second-order valence-corrected chi connectivity index (χ2v) is 8.76. The molecule has 3 N–H and O–H groups in total. The van der Waals surface area contributed by atoms with Crippen LogP contribution in [-0.4, -0.2) is 46.3 Å². The van der Waals surface area contributed by atoms with E-state index >= 15 is 0 Å². The van der Waals surface area contributed by atoms with E-state index in [-0.39, 0.29) is 41.7 Å². The molecule has 2 aromatic rings. The van der Waals surface area contributed by atoms with E-state index < -0.39 is 43.9 Å². The predicted octanol–water partition coefficient (Wildman–Crippen LogP) is 3.63. The Bertz CT molecular complexity index is 1280. The van der Waals surface area contributed by atoms with Gasteiger partial charge in [0.2, 0.25) is 0 Å². The maximum Gasteiger partial charge on any atom is 0.469 e. The van der Waals surface area contributed by atoms with Gasteiger partial charge in [-0.3, -0.25) is 14.2 Å². The minimum atomic E-state index is -4.73. The van der Waals surface area contributed by atoms with Crippen molar-refractivity contribution in [3.63, 3.8) is 0 Å². The first kappa shape index (κ1) is 23.2. The first-order valence-corrected chi connectivity index (χ1v) is 11.3. The number of ether oxygens (including phenoxy) is 1. The van der Waals surface area contributed by atoms with Gasteiger partial charge in [-0.15, -0.1) is 0 Å². The number of H-pyrrole nitrogens is 1. The molecule has 1 fully saturated rings. The van der Waals surface area contributed by atoms with E-state index in [2.05, 4.69) is 9.51 Å². The van der Waals surface area contributed by atoms with E-state index in [0.29, 0.717) is 5.39 Å². The van der Waals surface area contributed by atoms with Crippen LogP contribution in [0.25, 0.3) is 16.3 Å². The third kappa shape index (κ3) is 5.03. The highest BCUT2D eigenvalue weighted by molar-refractivity contribution is 7.46. The Morgan fingerprint density at radius 3 is 2.70 bits per heavy atom. The van der Waals surface area contributed by atoms with Crippen molar-refractivity contribution in [2.75, 3.05) is 18.1 Å². The van der Waals surface area contributed by atoms with Crippen LogP contribution in [0.4, 0.5) is 23.7 Å². The zero-order valence-electron chi connectivity index (χ0n) is 16.8. The number of nitrogens with one attached hydrogen (secondary N) is 1. The molecular weight excluding hydrogens is 468 g/mol. The molecule has 1 atom stereocenters. The predicted molar refractivity (Wildman–Crippen MR) is 112 cm³/mol. The second-order valence-electron chi connectivity index (χ2n) is 7.52. The molecule has 1 aromatic carbocycles. The molecule has 1 aromatic heterocycles. The van der Waals surface area contributed by atoms with Crippen LogP contribution >= 0.6 is 7.82 Å². The van der Waals surface area contributed by atoms with E-state index in [1.54, 1.807) is 6.08 Å². The lowest BCUT2D eigenvalue weighted by atomic mass is 9.94. The highest BCUT2D eigenvalue weighted by atomic mass is 31.2. The summed E-state index contributed by atoms with van der Waals surface area (Å²) in [5.74, 6) is 0. The SMILES string of the molecule is O=C1O[C@H](COP(=O)(O)O)CN1c1ccc2cc(C3=C(C(F)(F)F)CCC=C3)[nH]c(=O)c2c1. The van der Waals surface area contributed by atoms with Crippen LogP contribution in [0.1, 0.15) is 18.5 Å². The molecule has 4 rings (SSSR count). The molecule has 1 aliphatic heterocycles. The number of allylic oxidation sites excluding steroid dienone is 4. The van der Waals surface area contributed by atoms with Crippen LogP contribution in [0.3, 0.4) is 0 Å². The third-order valence-electron chi connectivity index (χ3n) is 5.25. The molecule has 9 nitrogen and oxygen atoms in total. The number of anilines is 1. The molecule has 13 heteroatoms. The summed E-state index contributed by atoms with van der Waals surface area (Å²) < 4.78 is 60.5. The van der Waals surface area contributed by atoms with Gasteiger partial charge in [-0.25, -0.2) is 9.36 Å². The van der Waals surface area contributed by atoms with Crippen molar-refractivity contribution in [3.8, 4) is 0 Å². The number of halogens is 3. The number of carbonyl (C=O) groups excluding carboxylic acids is 1. The lowest BCUT2D eigenvalue weighted by Gasteiger charge is -2.19. The normalized spacial score (nSPS) is 19.5. The number of fused-ring (bicyclic) bond motifs is 1. The largest absolute Gasteiger partial charge is 0.469 e. The van der Waals surface area contributed by atoms with Gasteiger partial charge >= 0.3 is 20.1 Å². The van der Waals surface area contributed by atoms with E-state index in [4.69, 9.17) is 14.5 Å². The number of cyclic esters (lactones) is 1. The van der Waals surface area contributed by atoms with Gasteiger partial charge in [-0.05, 0) is 36.4 Å². The number of alkyl halides is 3. The van der Waals surface area contributed by atoms with Gasteiger partial charge in [0.1, 0.15) is 6.10 Å². The fourth-order valence-corrected chi connectivity index (χ4v) is 4.13. The first-order valence-electron chi connectivity index (χ1n) is 9.75. The fourth-order valence-electron chi connectivity index (χ4n) is 3.77. The minimum absolute atomic E-state index is 0.0405. The van der Waals surface area contributed by atoms with Gasteiger partial charge in [0.05, 0.1) is 13.2 Å². The average Bonchev–Trinajstić information content (AvgIpc) is 3.11. The number of nitrogens with zero attached hydrogens (tertiary/aromatic N) is 1. The topological polar surface area (TPSA) is 129 Å². The molecule has 0 saturated carbocycles. The standard InChI is InChI=1S/C20H18F3N2O7P/c21-20(22,23)16-4-2-1-3-14(16)17-7-11-5-6-12(8-15(11)18(26)24-17)25-9-13(32-19(25)27)10-31-33(28,29)30/h1,3,5-8,13H,2,4,9-10H2,(H,24,26)(H2,28,29,30)/t13-/m0/s1. The van der Waals surface area contributed by atoms with Gasteiger partial charge in [-0.2, -0.15) is 13.2 Å². The van der Waals surface area contributed by atoms with Crippen LogP contribution in [-0.2, 0) is 13.8 Å². The van der Waals surface area contributed by atoms with E-state index in [1.807, 2.05) is 0 Å². The minimum Gasteiger partial charge on any atom is -0.441 e. The number of phosphoric acid groups is 1. The molecule has 1 amide bonds. The number of amides is 1. The lowest BCUT2D eigenvalue weighted by Crippen LogP contribution is -2.26. The maximum absolute atomic E-state index is 13.4. The number of aromatic nitrogens is 1.